The number of esters is 2. The molecule has 0 aliphatic rings. The molecule has 0 unspecified atom stereocenters. The first kappa shape index (κ1) is 21.0. The van der Waals surface area contributed by atoms with E-state index in [-0.39, 0.29) is 18.4 Å². The summed E-state index contributed by atoms with van der Waals surface area (Å²) in [4.78, 5) is 29.1. The second-order valence-electron chi connectivity index (χ2n) is 7.37. The minimum Gasteiger partial charge on any atom is -0.460 e. The number of aromatic nitrogens is 3. The average Bonchev–Trinajstić information content (AvgIpc) is 3.04. The van der Waals surface area contributed by atoms with Gasteiger partial charge in [0, 0.05) is 10.5 Å². The number of hydrogen-bond donors (Lipinski definition) is 1. The van der Waals surface area contributed by atoms with E-state index in [0.717, 1.165) is 10.5 Å². The fourth-order valence-electron chi connectivity index (χ4n) is 2.09. The van der Waals surface area contributed by atoms with Gasteiger partial charge >= 0.3 is 11.9 Å². The van der Waals surface area contributed by atoms with Crippen LogP contribution in [0.15, 0.2) is 29.2 Å². The third-order valence-electron chi connectivity index (χ3n) is 3.33. The zero-order chi connectivity index (χ0) is 20.2. The van der Waals surface area contributed by atoms with E-state index in [1.807, 2.05) is 58.9 Å². The molecule has 0 bridgehead atoms. The minimum atomic E-state index is -0.726. The number of aromatic amines is 1. The number of carbonyl (C=O) groups excluding carboxylic acids is 2. The average molecular weight is 391 g/mol. The molecule has 0 spiro atoms. The van der Waals surface area contributed by atoms with E-state index in [1.54, 1.807) is 6.92 Å². The van der Waals surface area contributed by atoms with Crippen LogP contribution in [0.25, 0.3) is 11.4 Å². The summed E-state index contributed by atoms with van der Waals surface area (Å²) in [5, 5.41) is 6.62. The van der Waals surface area contributed by atoms with Gasteiger partial charge in [0.2, 0.25) is 5.82 Å². The topological polar surface area (TPSA) is 94.2 Å². The maximum absolute atomic E-state index is 12.4. The van der Waals surface area contributed by atoms with Gasteiger partial charge in [0.05, 0.1) is 6.61 Å². The Bertz CT molecular complexity index is 807. The highest BCUT2D eigenvalue weighted by Crippen LogP contribution is 2.35. The summed E-state index contributed by atoms with van der Waals surface area (Å²) in [6.45, 7) is 11.2. The van der Waals surface area contributed by atoms with Crippen molar-refractivity contribution in [2.45, 2.75) is 56.8 Å². The number of nitrogens with zero attached hydrogens (tertiary/aromatic N) is 2. The molecule has 146 valence electrons. The van der Waals surface area contributed by atoms with Crippen molar-refractivity contribution >= 4 is 23.7 Å². The van der Waals surface area contributed by atoms with E-state index in [1.165, 1.54) is 11.8 Å². The van der Waals surface area contributed by atoms with Crippen LogP contribution in [-0.4, -0.2) is 44.1 Å². The van der Waals surface area contributed by atoms with Crippen molar-refractivity contribution in [3.05, 3.63) is 30.1 Å². The lowest BCUT2D eigenvalue weighted by molar-refractivity contribution is -0.156. The lowest BCUT2D eigenvalue weighted by Gasteiger charge is -2.28. The summed E-state index contributed by atoms with van der Waals surface area (Å²) >= 11 is 1.42. The van der Waals surface area contributed by atoms with Gasteiger partial charge in [0.15, 0.2) is 5.82 Å². The number of benzene rings is 1. The smallest absolute Gasteiger partial charge is 0.375 e. The quantitative estimate of drug-likeness (QED) is 0.590. The van der Waals surface area contributed by atoms with Crippen LogP contribution >= 0.6 is 11.8 Å². The summed E-state index contributed by atoms with van der Waals surface area (Å²) in [5.74, 6) is -0.336. The van der Waals surface area contributed by atoms with Crippen LogP contribution in [0.1, 0.15) is 52.2 Å². The van der Waals surface area contributed by atoms with Crippen LogP contribution in [0.3, 0.4) is 0 Å². The normalized spacial score (nSPS) is 11.9. The lowest BCUT2D eigenvalue weighted by Crippen LogP contribution is -2.36. The van der Waals surface area contributed by atoms with Crippen LogP contribution in [0.4, 0.5) is 0 Å². The van der Waals surface area contributed by atoms with Crippen LogP contribution in [0, 0.1) is 0 Å². The molecule has 27 heavy (non-hydrogen) atoms. The molecule has 0 aliphatic carbocycles. The number of ether oxygens (including phenoxy) is 2. The summed E-state index contributed by atoms with van der Waals surface area (Å²) in [6.07, 6.45) is 0. The molecule has 2 aromatic rings. The second-order valence-corrected chi connectivity index (χ2v) is 9.06. The van der Waals surface area contributed by atoms with E-state index in [0.29, 0.717) is 5.82 Å². The molecule has 1 N–H and O–H groups in total. The summed E-state index contributed by atoms with van der Waals surface area (Å²) in [7, 11) is 0. The third kappa shape index (κ3) is 5.82. The zero-order valence-electron chi connectivity index (χ0n) is 16.5. The molecule has 0 amide bonds. The monoisotopic (exact) mass is 391 g/mol. The van der Waals surface area contributed by atoms with Crippen LogP contribution in [0.5, 0.6) is 0 Å². The number of H-pyrrole nitrogens is 1. The first-order chi connectivity index (χ1) is 12.5. The maximum Gasteiger partial charge on any atom is 0.375 e. The molecule has 0 aliphatic heterocycles. The Morgan fingerprint density at radius 2 is 1.74 bits per heavy atom. The molecule has 2 rings (SSSR count). The first-order valence-corrected chi connectivity index (χ1v) is 9.46. The Balaban J connectivity index is 2.09. The summed E-state index contributed by atoms with van der Waals surface area (Å²) in [5.41, 5.74) is 0.224. The Morgan fingerprint density at radius 1 is 1.11 bits per heavy atom. The van der Waals surface area contributed by atoms with E-state index in [9.17, 15) is 9.59 Å². The van der Waals surface area contributed by atoms with Gasteiger partial charge in [-0.25, -0.2) is 9.78 Å². The molecule has 0 saturated heterocycles. The maximum atomic E-state index is 12.4. The molecule has 1 aromatic carbocycles. The standard InChI is InChI=1S/C19H25N3O4S/c1-7-25-16(23)15-20-14(21-22-15)12-8-10-13(11-9-12)27-19(5,6)17(24)26-18(2,3)4/h8-11H,7H2,1-6H3,(H,20,21,22). The van der Waals surface area contributed by atoms with E-state index >= 15 is 0 Å². The Labute approximate surface area is 163 Å². The number of rotatable bonds is 6. The number of carbonyl (C=O) groups is 2. The Hall–Kier alpha value is -2.35. The zero-order valence-corrected chi connectivity index (χ0v) is 17.3. The van der Waals surface area contributed by atoms with E-state index in [2.05, 4.69) is 15.2 Å². The fraction of sp³-hybridized carbons (Fsp3) is 0.474. The van der Waals surface area contributed by atoms with Crippen molar-refractivity contribution in [3.63, 3.8) is 0 Å². The number of hydrogen-bond acceptors (Lipinski definition) is 7. The SMILES string of the molecule is CCOC(=O)c1nc(-c2ccc(SC(C)(C)C(=O)OC(C)(C)C)cc2)n[nH]1. The van der Waals surface area contributed by atoms with Crippen LogP contribution in [-0.2, 0) is 14.3 Å². The highest BCUT2D eigenvalue weighted by Gasteiger charge is 2.33. The van der Waals surface area contributed by atoms with E-state index < -0.39 is 16.3 Å². The molecule has 7 nitrogen and oxygen atoms in total. The predicted octanol–water partition coefficient (Wildman–Crippen LogP) is 3.86. The van der Waals surface area contributed by atoms with Gasteiger partial charge in [0.1, 0.15) is 10.3 Å². The molecule has 0 atom stereocenters. The van der Waals surface area contributed by atoms with Gasteiger partial charge in [-0.3, -0.25) is 9.89 Å². The van der Waals surface area contributed by atoms with Gasteiger partial charge in [0.25, 0.3) is 0 Å². The molecule has 0 radical (unpaired) electrons. The fourth-order valence-corrected chi connectivity index (χ4v) is 3.08. The number of nitrogens with one attached hydrogen (secondary N) is 1. The third-order valence-corrected chi connectivity index (χ3v) is 4.52. The molecule has 1 heterocycles. The van der Waals surface area contributed by atoms with Gasteiger partial charge in [-0.2, -0.15) is 5.10 Å². The van der Waals surface area contributed by atoms with Crippen LogP contribution in [0.2, 0.25) is 0 Å². The molecule has 8 heteroatoms. The van der Waals surface area contributed by atoms with Gasteiger partial charge < -0.3 is 9.47 Å². The molecular formula is C19H25N3O4S. The van der Waals surface area contributed by atoms with Crippen LogP contribution < -0.4 is 0 Å². The van der Waals surface area contributed by atoms with Crippen molar-refractivity contribution in [2.75, 3.05) is 6.61 Å². The van der Waals surface area contributed by atoms with Crippen molar-refractivity contribution in [1.29, 1.82) is 0 Å². The van der Waals surface area contributed by atoms with E-state index in [4.69, 9.17) is 9.47 Å². The molecule has 0 fully saturated rings. The predicted molar refractivity (Wildman–Crippen MR) is 104 cm³/mol. The minimum absolute atomic E-state index is 0.0661. The van der Waals surface area contributed by atoms with Crippen molar-refractivity contribution in [2.24, 2.45) is 0 Å². The first-order valence-electron chi connectivity index (χ1n) is 8.64. The summed E-state index contributed by atoms with van der Waals surface area (Å²) < 4.78 is 9.65. The summed E-state index contributed by atoms with van der Waals surface area (Å²) in [6, 6.07) is 7.44. The van der Waals surface area contributed by atoms with Gasteiger partial charge in [-0.05, 0) is 53.7 Å². The Morgan fingerprint density at radius 3 is 2.30 bits per heavy atom. The van der Waals surface area contributed by atoms with Gasteiger partial charge in [-0.1, -0.05) is 12.1 Å². The number of thioether (sulfide) groups is 1. The largest absolute Gasteiger partial charge is 0.460 e. The lowest BCUT2D eigenvalue weighted by atomic mass is 10.1. The van der Waals surface area contributed by atoms with Crippen molar-refractivity contribution in [3.8, 4) is 11.4 Å². The second kappa shape index (κ2) is 8.12. The molecule has 0 saturated carbocycles. The van der Waals surface area contributed by atoms with Crippen molar-refractivity contribution < 1.29 is 19.1 Å². The highest BCUT2D eigenvalue weighted by atomic mass is 32.2. The molecule has 1 aromatic heterocycles. The van der Waals surface area contributed by atoms with Crippen molar-refractivity contribution in [1.82, 2.24) is 15.2 Å². The highest BCUT2D eigenvalue weighted by molar-refractivity contribution is 8.01. The molecular weight excluding hydrogens is 366 g/mol. The Kier molecular flexibility index (Phi) is 6.30. The van der Waals surface area contributed by atoms with Gasteiger partial charge in [-0.15, -0.1) is 11.8 Å².